The molecule has 7 nitrogen and oxygen atoms in total. The summed E-state index contributed by atoms with van der Waals surface area (Å²) in [5, 5.41) is 9.65. The lowest BCUT2D eigenvalue weighted by molar-refractivity contribution is 0.249. The lowest BCUT2D eigenvalue weighted by Gasteiger charge is -2.14. The van der Waals surface area contributed by atoms with Crippen LogP contribution in [0, 0.1) is 13.8 Å². The van der Waals surface area contributed by atoms with Gasteiger partial charge in [0.15, 0.2) is 5.76 Å². The van der Waals surface area contributed by atoms with Crippen LogP contribution < -0.4 is 10.6 Å². The number of nitrogens with one attached hydrogen (secondary N) is 2. The van der Waals surface area contributed by atoms with Crippen molar-refractivity contribution in [2.75, 3.05) is 5.32 Å². The normalized spacial score (nSPS) is 15.4. The van der Waals surface area contributed by atoms with Crippen LogP contribution in [0.5, 0.6) is 0 Å². The van der Waals surface area contributed by atoms with E-state index in [-0.39, 0.29) is 12.1 Å². The van der Waals surface area contributed by atoms with Crippen molar-refractivity contribution in [1.29, 1.82) is 0 Å². The van der Waals surface area contributed by atoms with E-state index in [4.69, 9.17) is 4.52 Å². The van der Waals surface area contributed by atoms with E-state index in [1.807, 2.05) is 20.8 Å². The zero-order valence-corrected chi connectivity index (χ0v) is 12.9. The second-order valence-corrected chi connectivity index (χ2v) is 5.63. The molecule has 1 unspecified atom stereocenters. The van der Waals surface area contributed by atoms with E-state index in [1.165, 1.54) is 0 Å². The van der Waals surface area contributed by atoms with Gasteiger partial charge in [-0.15, -0.1) is 0 Å². The second-order valence-electron chi connectivity index (χ2n) is 5.63. The molecule has 116 valence electrons. The third kappa shape index (κ3) is 3.08. The summed E-state index contributed by atoms with van der Waals surface area (Å²) in [6.45, 7) is 5.52. The molecule has 2 heterocycles. The van der Waals surface area contributed by atoms with Crippen molar-refractivity contribution in [3.8, 4) is 0 Å². The quantitative estimate of drug-likeness (QED) is 0.905. The molecule has 2 aromatic rings. The van der Waals surface area contributed by atoms with Crippen LogP contribution in [-0.4, -0.2) is 21.2 Å². The highest BCUT2D eigenvalue weighted by atomic mass is 16.5. The van der Waals surface area contributed by atoms with E-state index < -0.39 is 0 Å². The minimum Gasteiger partial charge on any atom is -0.359 e. The number of hydrogen-bond donors (Lipinski definition) is 2. The van der Waals surface area contributed by atoms with E-state index in [9.17, 15) is 4.79 Å². The van der Waals surface area contributed by atoms with Crippen LogP contribution in [-0.2, 0) is 0 Å². The summed E-state index contributed by atoms with van der Waals surface area (Å²) in [5.41, 5.74) is 2.15. The fourth-order valence-electron chi connectivity index (χ4n) is 2.30. The first-order chi connectivity index (χ1) is 10.5. The first kappa shape index (κ1) is 14.5. The Kier molecular flexibility index (Phi) is 3.79. The van der Waals surface area contributed by atoms with Gasteiger partial charge in [0.1, 0.15) is 17.2 Å². The van der Waals surface area contributed by atoms with Crippen LogP contribution >= 0.6 is 0 Å². The van der Waals surface area contributed by atoms with Gasteiger partial charge in [-0.3, -0.25) is 0 Å². The molecule has 2 amide bonds. The highest BCUT2D eigenvalue weighted by molar-refractivity contribution is 5.90. The van der Waals surface area contributed by atoms with Crippen molar-refractivity contribution in [1.82, 2.24) is 20.4 Å². The molecule has 7 heteroatoms. The van der Waals surface area contributed by atoms with Gasteiger partial charge < -0.3 is 15.2 Å². The van der Waals surface area contributed by atoms with E-state index in [1.54, 1.807) is 12.3 Å². The first-order valence-corrected chi connectivity index (χ1v) is 7.38. The van der Waals surface area contributed by atoms with Crippen molar-refractivity contribution in [2.24, 2.45) is 0 Å². The lowest BCUT2D eigenvalue weighted by atomic mass is 10.2. The minimum absolute atomic E-state index is 0.216. The summed E-state index contributed by atoms with van der Waals surface area (Å²) in [4.78, 5) is 20.6. The average molecular weight is 301 g/mol. The summed E-state index contributed by atoms with van der Waals surface area (Å²) >= 11 is 0. The maximum Gasteiger partial charge on any atom is 0.319 e. The van der Waals surface area contributed by atoms with Gasteiger partial charge in [-0.25, -0.2) is 14.8 Å². The molecule has 0 aliphatic heterocycles. The van der Waals surface area contributed by atoms with E-state index in [0.717, 1.165) is 24.3 Å². The maximum atomic E-state index is 12.2. The Morgan fingerprint density at radius 3 is 2.86 bits per heavy atom. The molecule has 1 aliphatic carbocycles. The van der Waals surface area contributed by atoms with Crippen molar-refractivity contribution in [3.05, 3.63) is 35.2 Å². The van der Waals surface area contributed by atoms with Crippen LogP contribution in [0.3, 0.4) is 0 Å². The molecule has 1 saturated carbocycles. The number of anilines is 1. The number of rotatable bonds is 4. The Bertz CT molecular complexity index is 693. The first-order valence-electron chi connectivity index (χ1n) is 7.38. The van der Waals surface area contributed by atoms with Crippen LogP contribution in [0.25, 0.3) is 0 Å². The summed E-state index contributed by atoms with van der Waals surface area (Å²) in [6, 6.07) is 1.28. The molecular formula is C15H19N5O2. The standard InChI is InChI=1S/C15H19N5O2/c1-8(12-6-7-16-10(3)18-12)17-15(21)19-13-9(2)20-22-14(13)11-4-5-11/h6-8,11H,4-5H2,1-3H3,(H2,17,19,21). The van der Waals surface area contributed by atoms with E-state index in [2.05, 4.69) is 25.8 Å². The van der Waals surface area contributed by atoms with Crippen LogP contribution in [0.4, 0.5) is 10.5 Å². The molecule has 0 saturated heterocycles. The fraction of sp³-hybridized carbons (Fsp3) is 0.467. The van der Waals surface area contributed by atoms with Crippen molar-refractivity contribution >= 4 is 11.7 Å². The van der Waals surface area contributed by atoms with Gasteiger partial charge in [-0.05, 0) is 39.7 Å². The summed E-state index contributed by atoms with van der Waals surface area (Å²) < 4.78 is 5.31. The number of urea groups is 1. The Morgan fingerprint density at radius 1 is 1.41 bits per heavy atom. The molecule has 2 N–H and O–H groups in total. The van der Waals surface area contributed by atoms with Gasteiger partial charge in [0.25, 0.3) is 0 Å². The number of carbonyl (C=O) groups excluding carboxylic acids is 1. The second kappa shape index (κ2) is 5.75. The molecule has 1 aliphatic rings. The topological polar surface area (TPSA) is 92.9 Å². The van der Waals surface area contributed by atoms with Crippen molar-refractivity contribution in [3.63, 3.8) is 0 Å². The van der Waals surface area contributed by atoms with Gasteiger partial charge in [-0.2, -0.15) is 0 Å². The SMILES string of the molecule is Cc1nccc(C(C)NC(=O)Nc2c(C)noc2C2CC2)n1. The Hall–Kier alpha value is -2.44. The van der Waals surface area contributed by atoms with Crippen LogP contribution in [0.1, 0.15) is 54.7 Å². The average Bonchev–Trinajstić information content (AvgIpc) is 3.25. The predicted octanol–water partition coefficient (Wildman–Crippen LogP) is 2.84. The maximum absolute atomic E-state index is 12.2. The Balaban J connectivity index is 1.66. The predicted molar refractivity (Wildman–Crippen MR) is 80.6 cm³/mol. The zero-order chi connectivity index (χ0) is 15.7. The molecule has 3 rings (SSSR count). The summed E-state index contributed by atoms with van der Waals surface area (Å²) in [7, 11) is 0. The largest absolute Gasteiger partial charge is 0.359 e. The molecule has 1 atom stereocenters. The smallest absolute Gasteiger partial charge is 0.319 e. The molecule has 2 aromatic heterocycles. The number of nitrogens with zero attached hydrogens (tertiary/aromatic N) is 3. The van der Waals surface area contributed by atoms with Crippen molar-refractivity contribution in [2.45, 2.75) is 45.6 Å². The minimum atomic E-state index is -0.294. The van der Waals surface area contributed by atoms with Gasteiger partial charge in [0.2, 0.25) is 0 Å². The molecule has 0 spiro atoms. The van der Waals surface area contributed by atoms with E-state index >= 15 is 0 Å². The monoisotopic (exact) mass is 301 g/mol. The number of carbonyl (C=O) groups is 1. The number of aryl methyl sites for hydroxylation is 2. The zero-order valence-electron chi connectivity index (χ0n) is 12.9. The van der Waals surface area contributed by atoms with E-state index in [0.29, 0.717) is 23.1 Å². The molecule has 1 fully saturated rings. The summed E-state index contributed by atoms with van der Waals surface area (Å²) in [6.07, 6.45) is 3.85. The molecule has 0 radical (unpaired) electrons. The molecule has 0 bridgehead atoms. The lowest BCUT2D eigenvalue weighted by Crippen LogP contribution is -2.32. The summed E-state index contributed by atoms with van der Waals surface area (Å²) in [5.74, 6) is 1.84. The number of aromatic nitrogens is 3. The fourth-order valence-corrected chi connectivity index (χ4v) is 2.30. The third-order valence-electron chi connectivity index (χ3n) is 3.66. The number of amides is 2. The van der Waals surface area contributed by atoms with Crippen LogP contribution in [0.15, 0.2) is 16.8 Å². The Morgan fingerprint density at radius 2 is 2.18 bits per heavy atom. The van der Waals surface area contributed by atoms with Gasteiger partial charge in [-0.1, -0.05) is 5.16 Å². The molecular weight excluding hydrogens is 282 g/mol. The molecule has 22 heavy (non-hydrogen) atoms. The highest BCUT2D eigenvalue weighted by Gasteiger charge is 2.32. The Labute approximate surface area is 128 Å². The van der Waals surface area contributed by atoms with Gasteiger partial charge >= 0.3 is 6.03 Å². The van der Waals surface area contributed by atoms with Gasteiger partial charge in [0, 0.05) is 12.1 Å². The van der Waals surface area contributed by atoms with Gasteiger partial charge in [0.05, 0.1) is 11.7 Å². The highest BCUT2D eigenvalue weighted by Crippen LogP contribution is 2.44. The third-order valence-corrected chi connectivity index (χ3v) is 3.66. The molecule has 0 aromatic carbocycles. The number of hydrogen-bond acceptors (Lipinski definition) is 5. The van der Waals surface area contributed by atoms with Crippen LogP contribution in [0.2, 0.25) is 0 Å². The van der Waals surface area contributed by atoms with Crippen molar-refractivity contribution < 1.29 is 9.32 Å².